The summed E-state index contributed by atoms with van der Waals surface area (Å²) in [5.41, 5.74) is 2.48. The van der Waals surface area contributed by atoms with Gasteiger partial charge in [-0.25, -0.2) is 4.98 Å². The Morgan fingerprint density at radius 2 is 2.05 bits per heavy atom. The van der Waals surface area contributed by atoms with E-state index in [0.717, 1.165) is 0 Å². The summed E-state index contributed by atoms with van der Waals surface area (Å²) in [4.78, 5) is 7.05. The van der Waals surface area contributed by atoms with Crippen LogP contribution in [0, 0.1) is 0 Å². The smallest absolute Gasteiger partial charge is 0.213 e. The Morgan fingerprint density at radius 3 is 2.77 bits per heavy atom. The second-order valence-electron chi connectivity index (χ2n) is 5.90. The molecule has 0 saturated carbocycles. The Bertz CT molecular complexity index is 568. The summed E-state index contributed by atoms with van der Waals surface area (Å²) in [6.07, 6.45) is 5.73. The Labute approximate surface area is 132 Å². The largest absolute Gasteiger partial charge is 0.473 e. The average molecular weight is 296 g/mol. The predicted molar refractivity (Wildman–Crippen MR) is 88.9 cm³/mol. The normalized spacial score (nSPS) is 18.5. The lowest BCUT2D eigenvalue weighted by Gasteiger charge is -2.24. The molecule has 1 aliphatic rings. The molecule has 0 unspecified atom stereocenters. The monoisotopic (exact) mass is 296 g/mol. The van der Waals surface area contributed by atoms with E-state index in [0.29, 0.717) is 18.5 Å². The van der Waals surface area contributed by atoms with Crippen molar-refractivity contribution >= 4 is 0 Å². The van der Waals surface area contributed by atoms with Gasteiger partial charge in [0.05, 0.1) is 0 Å². The molecule has 3 heteroatoms. The molecule has 0 radical (unpaired) electrons. The fourth-order valence-corrected chi connectivity index (χ4v) is 3.16. The Kier molecular flexibility index (Phi) is 5.07. The van der Waals surface area contributed by atoms with E-state index in [4.69, 9.17) is 4.74 Å². The van der Waals surface area contributed by atoms with Gasteiger partial charge in [0.2, 0.25) is 5.88 Å². The molecule has 3 nitrogen and oxygen atoms in total. The van der Waals surface area contributed by atoms with Crippen LogP contribution in [-0.4, -0.2) is 23.0 Å². The molecule has 1 aromatic heterocycles. The van der Waals surface area contributed by atoms with Crippen molar-refractivity contribution in [2.24, 2.45) is 0 Å². The molecule has 0 aliphatic carbocycles. The van der Waals surface area contributed by atoms with Crippen LogP contribution in [0.4, 0.5) is 0 Å². The Hall–Kier alpha value is -1.87. The molecular weight excluding hydrogens is 272 g/mol. The van der Waals surface area contributed by atoms with E-state index in [1.165, 1.54) is 43.5 Å². The molecule has 2 aromatic rings. The topological polar surface area (TPSA) is 25.4 Å². The quantitative estimate of drug-likeness (QED) is 0.798. The third kappa shape index (κ3) is 3.66. The van der Waals surface area contributed by atoms with Gasteiger partial charge < -0.3 is 4.74 Å². The summed E-state index contributed by atoms with van der Waals surface area (Å²) in [7, 11) is 0. The van der Waals surface area contributed by atoms with Gasteiger partial charge in [-0.05, 0) is 43.5 Å². The van der Waals surface area contributed by atoms with Crippen LogP contribution in [0.5, 0.6) is 5.88 Å². The standard InChI is InChI=1S/C19H24N2O/c1-2-12-21-13-6-9-18(21)17-10-11-19(20-14-17)22-15-16-7-4-3-5-8-16/h3-5,7-8,10-11,14,18H,2,6,9,12-13,15H2,1H3/t18-/m0/s1. The van der Waals surface area contributed by atoms with Gasteiger partial charge >= 0.3 is 0 Å². The third-order valence-electron chi connectivity index (χ3n) is 4.25. The van der Waals surface area contributed by atoms with Crippen molar-refractivity contribution < 1.29 is 4.74 Å². The van der Waals surface area contributed by atoms with Gasteiger partial charge in [0.1, 0.15) is 6.61 Å². The first kappa shape index (κ1) is 15.0. The number of likely N-dealkylation sites (tertiary alicyclic amines) is 1. The zero-order valence-corrected chi connectivity index (χ0v) is 13.2. The maximum absolute atomic E-state index is 5.76. The van der Waals surface area contributed by atoms with Crippen molar-refractivity contribution in [1.82, 2.24) is 9.88 Å². The molecule has 1 saturated heterocycles. The average Bonchev–Trinajstić information content (AvgIpc) is 3.03. The fourth-order valence-electron chi connectivity index (χ4n) is 3.16. The van der Waals surface area contributed by atoms with E-state index in [1.54, 1.807) is 0 Å². The number of aromatic nitrogens is 1. The van der Waals surface area contributed by atoms with Gasteiger partial charge in [0.25, 0.3) is 0 Å². The predicted octanol–water partition coefficient (Wildman–Crippen LogP) is 4.21. The Morgan fingerprint density at radius 1 is 1.18 bits per heavy atom. The molecular formula is C19H24N2O. The summed E-state index contributed by atoms with van der Waals surface area (Å²) < 4.78 is 5.76. The van der Waals surface area contributed by atoms with Crippen LogP contribution >= 0.6 is 0 Å². The van der Waals surface area contributed by atoms with Gasteiger partial charge in [-0.2, -0.15) is 0 Å². The van der Waals surface area contributed by atoms with Gasteiger partial charge in [0.15, 0.2) is 0 Å². The first-order valence-corrected chi connectivity index (χ1v) is 8.23. The molecule has 2 heterocycles. The molecule has 0 N–H and O–H groups in total. The van der Waals surface area contributed by atoms with Crippen LogP contribution < -0.4 is 4.74 Å². The van der Waals surface area contributed by atoms with Crippen LogP contribution in [0.2, 0.25) is 0 Å². The van der Waals surface area contributed by atoms with E-state index in [1.807, 2.05) is 30.5 Å². The number of hydrogen-bond donors (Lipinski definition) is 0. The maximum atomic E-state index is 5.76. The van der Waals surface area contributed by atoms with Crippen molar-refractivity contribution in [2.75, 3.05) is 13.1 Å². The number of pyridine rings is 1. The number of rotatable bonds is 6. The highest BCUT2D eigenvalue weighted by Crippen LogP contribution is 2.31. The molecule has 0 amide bonds. The minimum atomic E-state index is 0.538. The van der Waals surface area contributed by atoms with Crippen LogP contribution in [-0.2, 0) is 6.61 Å². The molecule has 1 aromatic carbocycles. The van der Waals surface area contributed by atoms with Crippen molar-refractivity contribution in [3.63, 3.8) is 0 Å². The zero-order chi connectivity index (χ0) is 15.2. The van der Waals surface area contributed by atoms with Gasteiger partial charge in [0, 0.05) is 18.3 Å². The third-order valence-corrected chi connectivity index (χ3v) is 4.25. The van der Waals surface area contributed by atoms with Crippen LogP contribution in [0.1, 0.15) is 43.4 Å². The van der Waals surface area contributed by atoms with E-state index >= 15 is 0 Å². The molecule has 1 aliphatic heterocycles. The molecule has 1 atom stereocenters. The molecule has 0 bridgehead atoms. The van der Waals surface area contributed by atoms with Crippen LogP contribution in [0.3, 0.4) is 0 Å². The van der Waals surface area contributed by atoms with Gasteiger partial charge in [-0.3, -0.25) is 4.90 Å². The van der Waals surface area contributed by atoms with E-state index in [2.05, 4.69) is 35.0 Å². The summed E-state index contributed by atoms with van der Waals surface area (Å²) in [5.74, 6) is 0.702. The molecule has 22 heavy (non-hydrogen) atoms. The summed E-state index contributed by atoms with van der Waals surface area (Å²) >= 11 is 0. The lowest BCUT2D eigenvalue weighted by atomic mass is 10.1. The maximum Gasteiger partial charge on any atom is 0.213 e. The highest BCUT2D eigenvalue weighted by Gasteiger charge is 2.25. The summed E-state index contributed by atoms with van der Waals surface area (Å²) in [5, 5.41) is 0. The number of hydrogen-bond acceptors (Lipinski definition) is 3. The van der Waals surface area contributed by atoms with Crippen molar-refractivity contribution in [2.45, 2.75) is 38.8 Å². The SMILES string of the molecule is CCCN1CCC[C@H]1c1ccc(OCc2ccccc2)nc1. The fraction of sp³-hybridized carbons (Fsp3) is 0.421. The molecule has 3 rings (SSSR count). The second-order valence-corrected chi connectivity index (χ2v) is 5.90. The minimum absolute atomic E-state index is 0.538. The summed E-state index contributed by atoms with van der Waals surface area (Å²) in [6.45, 7) is 5.20. The molecule has 1 fully saturated rings. The molecule has 116 valence electrons. The van der Waals surface area contributed by atoms with Crippen molar-refractivity contribution in [1.29, 1.82) is 0 Å². The van der Waals surface area contributed by atoms with E-state index < -0.39 is 0 Å². The van der Waals surface area contributed by atoms with Crippen LogP contribution in [0.25, 0.3) is 0 Å². The number of nitrogens with zero attached hydrogens (tertiary/aromatic N) is 2. The number of ether oxygens (including phenoxy) is 1. The summed E-state index contributed by atoms with van der Waals surface area (Å²) in [6, 6.07) is 14.9. The zero-order valence-electron chi connectivity index (χ0n) is 13.2. The highest BCUT2D eigenvalue weighted by molar-refractivity contribution is 5.22. The van der Waals surface area contributed by atoms with Gasteiger partial charge in [-0.15, -0.1) is 0 Å². The first-order chi connectivity index (χ1) is 10.9. The second kappa shape index (κ2) is 7.41. The molecule has 0 spiro atoms. The van der Waals surface area contributed by atoms with E-state index in [9.17, 15) is 0 Å². The van der Waals surface area contributed by atoms with Crippen molar-refractivity contribution in [3.8, 4) is 5.88 Å². The minimum Gasteiger partial charge on any atom is -0.473 e. The lowest BCUT2D eigenvalue weighted by molar-refractivity contribution is 0.256. The first-order valence-electron chi connectivity index (χ1n) is 8.23. The van der Waals surface area contributed by atoms with Crippen LogP contribution in [0.15, 0.2) is 48.7 Å². The highest BCUT2D eigenvalue weighted by atomic mass is 16.5. The van der Waals surface area contributed by atoms with Crippen molar-refractivity contribution in [3.05, 3.63) is 59.8 Å². The lowest BCUT2D eigenvalue weighted by Crippen LogP contribution is -2.24. The number of benzene rings is 1. The van der Waals surface area contributed by atoms with E-state index in [-0.39, 0.29) is 0 Å². The Balaban J connectivity index is 1.60. The van der Waals surface area contributed by atoms with Gasteiger partial charge in [-0.1, -0.05) is 43.3 Å².